The maximum atomic E-state index is 12.5. The van der Waals surface area contributed by atoms with E-state index in [1.165, 1.54) is 12.8 Å². The summed E-state index contributed by atoms with van der Waals surface area (Å²) >= 11 is 1.71. The van der Waals surface area contributed by atoms with Crippen molar-refractivity contribution >= 4 is 17.7 Å². The van der Waals surface area contributed by atoms with Crippen LogP contribution in [0.25, 0.3) is 0 Å². The quantitative estimate of drug-likeness (QED) is 0.757. The highest BCUT2D eigenvalue weighted by Gasteiger charge is 2.57. The molecular weight excluding hydrogens is 234 g/mol. The van der Waals surface area contributed by atoms with Gasteiger partial charge in [0.1, 0.15) is 11.6 Å². The standard InChI is InChI=1S/C12H17N3OS/c13-6-9-7-17-10-5-12(14,11(16)15(9)10)8-3-1-2-4-8/h8-10H,1-5,7,14H2/t9-,10+,12-/m1/s1. The first-order valence-electron chi connectivity index (χ1n) is 6.29. The molecule has 0 spiro atoms. The van der Waals surface area contributed by atoms with Crippen molar-refractivity contribution in [3.63, 3.8) is 0 Å². The average molecular weight is 251 g/mol. The highest BCUT2D eigenvalue weighted by Crippen LogP contribution is 2.47. The zero-order valence-corrected chi connectivity index (χ0v) is 10.6. The highest BCUT2D eigenvalue weighted by atomic mass is 32.2. The largest absolute Gasteiger partial charge is 0.317 e. The molecular formula is C12H17N3OS. The lowest BCUT2D eigenvalue weighted by molar-refractivity contribution is -0.134. The third-order valence-corrected chi connectivity index (χ3v) is 5.76. The van der Waals surface area contributed by atoms with Crippen LogP contribution in [0.1, 0.15) is 32.1 Å². The predicted octanol–water partition coefficient (Wildman–Crippen LogP) is 1.07. The van der Waals surface area contributed by atoms with E-state index in [0.29, 0.717) is 5.92 Å². The normalized spacial score (nSPS) is 41.9. The fraction of sp³-hybridized carbons (Fsp3) is 0.833. The topological polar surface area (TPSA) is 70.1 Å². The average Bonchev–Trinajstić information content (AvgIpc) is 2.99. The summed E-state index contributed by atoms with van der Waals surface area (Å²) in [4.78, 5) is 14.3. The van der Waals surface area contributed by atoms with Gasteiger partial charge in [-0.2, -0.15) is 5.26 Å². The van der Waals surface area contributed by atoms with Crippen LogP contribution >= 0.6 is 11.8 Å². The van der Waals surface area contributed by atoms with Gasteiger partial charge in [-0.1, -0.05) is 12.8 Å². The number of rotatable bonds is 1. The van der Waals surface area contributed by atoms with Gasteiger partial charge in [-0.25, -0.2) is 0 Å². The maximum Gasteiger partial charge on any atom is 0.245 e. The second-order valence-corrected chi connectivity index (χ2v) is 6.58. The number of amides is 1. The molecule has 4 nitrogen and oxygen atoms in total. The molecule has 3 aliphatic rings. The van der Waals surface area contributed by atoms with Crippen molar-refractivity contribution in [1.29, 1.82) is 5.26 Å². The van der Waals surface area contributed by atoms with Crippen LogP contribution in [0, 0.1) is 17.2 Å². The van der Waals surface area contributed by atoms with Gasteiger partial charge in [-0.05, 0) is 18.8 Å². The molecule has 5 heteroatoms. The molecule has 3 fully saturated rings. The Hall–Kier alpha value is -0.730. The molecule has 0 aromatic carbocycles. The van der Waals surface area contributed by atoms with Gasteiger partial charge in [0.25, 0.3) is 0 Å². The number of nitriles is 1. The van der Waals surface area contributed by atoms with E-state index in [4.69, 9.17) is 11.0 Å². The second kappa shape index (κ2) is 3.89. The Morgan fingerprint density at radius 1 is 1.47 bits per heavy atom. The fourth-order valence-corrected chi connectivity index (χ4v) is 4.93. The zero-order chi connectivity index (χ0) is 12.0. The molecule has 2 heterocycles. The van der Waals surface area contributed by atoms with Crippen LogP contribution in [-0.2, 0) is 4.79 Å². The van der Waals surface area contributed by atoms with Gasteiger partial charge in [-0.15, -0.1) is 11.8 Å². The molecule has 0 bridgehead atoms. The van der Waals surface area contributed by atoms with E-state index in [1.54, 1.807) is 16.7 Å². The minimum atomic E-state index is -0.677. The van der Waals surface area contributed by atoms with Crippen molar-refractivity contribution in [2.45, 2.75) is 49.1 Å². The van der Waals surface area contributed by atoms with Crippen LogP contribution in [0.2, 0.25) is 0 Å². The van der Waals surface area contributed by atoms with E-state index in [1.807, 2.05) is 0 Å². The van der Waals surface area contributed by atoms with Gasteiger partial charge in [-0.3, -0.25) is 4.79 Å². The molecule has 2 aliphatic heterocycles. The first-order chi connectivity index (χ1) is 8.16. The Kier molecular flexibility index (Phi) is 2.60. The zero-order valence-electron chi connectivity index (χ0n) is 9.76. The SMILES string of the molecule is N#C[C@@H]1CS[C@H]2C[C@@](N)(C3CCCC3)C(=O)N12. The summed E-state index contributed by atoms with van der Waals surface area (Å²) in [6, 6.07) is 1.96. The van der Waals surface area contributed by atoms with Crippen LogP contribution in [0.3, 0.4) is 0 Å². The molecule has 3 atom stereocenters. The molecule has 0 aromatic heterocycles. The Morgan fingerprint density at radius 2 is 2.18 bits per heavy atom. The summed E-state index contributed by atoms with van der Waals surface area (Å²) in [5, 5.41) is 9.22. The second-order valence-electron chi connectivity index (χ2n) is 5.37. The van der Waals surface area contributed by atoms with Crippen molar-refractivity contribution in [3.8, 4) is 6.07 Å². The van der Waals surface area contributed by atoms with E-state index >= 15 is 0 Å². The monoisotopic (exact) mass is 251 g/mol. The molecule has 1 aliphatic carbocycles. The summed E-state index contributed by atoms with van der Waals surface area (Å²) < 4.78 is 0. The van der Waals surface area contributed by atoms with Crippen molar-refractivity contribution in [2.75, 3.05) is 5.75 Å². The van der Waals surface area contributed by atoms with Gasteiger partial charge in [0, 0.05) is 12.2 Å². The summed E-state index contributed by atoms with van der Waals surface area (Å²) in [7, 11) is 0. The predicted molar refractivity (Wildman–Crippen MR) is 66.0 cm³/mol. The van der Waals surface area contributed by atoms with Crippen LogP contribution < -0.4 is 5.73 Å². The van der Waals surface area contributed by atoms with E-state index in [0.717, 1.165) is 25.0 Å². The summed E-state index contributed by atoms with van der Waals surface area (Å²) in [6.07, 6.45) is 5.27. The minimum Gasteiger partial charge on any atom is -0.317 e. The highest BCUT2D eigenvalue weighted by molar-refractivity contribution is 8.00. The molecule has 0 unspecified atom stereocenters. The van der Waals surface area contributed by atoms with Gasteiger partial charge in [0.2, 0.25) is 5.91 Å². The lowest BCUT2D eigenvalue weighted by Gasteiger charge is -2.30. The lowest BCUT2D eigenvalue weighted by Crippen LogP contribution is -2.54. The van der Waals surface area contributed by atoms with E-state index < -0.39 is 5.54 Å². The Bertz CT molecular complexity index is 388. The third-order valence-electron chi connectivity index (χ3n) is 4.47. The number of nitrogens with zero attached hydrogens (tertiary/aromatic N) is 2. The summed E-state index contributed by atoms with van der Waals surface area (Å²) in [5.74, 6) is 1.11. The molecule has 0 aromatic rings. The number of carbonyl (C=O) groups excluding carboxylic acids is 1. The Morgan fingerprint density at radius 3 is 2.82 bits per heavy atom. The number of nitrogens with two attached hydrogens (primary N) is 1. The third kappa shape index (κ3) is 1.50. The van der Waals surface area contributed by atoms with Crippen LogP contribution in [0.15, 0.2) is 0 Å². The molecule has 0 radical (unpaired) electrons. The van der Waals surface area contributed by atoms with E-state index in [2.05, 4.69) is 6.07 Å². The molecule has 17 heavy (non-hydrogen) atoms. The van der Waals surface area contributed by atoms with Crippen molar-refractivity contribution in [3.05, 3.63) is 0 Å². The molecule has 1 amide bonds. The molecule has 3 rings (SSSR count). The minimum absolute atomic E-state index is 0.0333. The number of hydrogen-bond donors (Lipinski definition) is 1. The number of fused-ring (bicyclic) bond motifs is 1. The van der Waals surface area contributed by atoms with Gasteiger partial charge in [0.15, 0.2) is 0 Å². The first-order valence-corrected chi connectivity index (χ1v) is 7.34. The van der Waals surface area contributed by atoms with Gasteiger partial charge >= 0.3 is 0 Å². The summed E-state index contributed by atoms with van der Waals surface area (Å²) in [5.41, 5.74) is 5.72. The van der Waals surface area contributed by atoms with Crippen molar-refractivity contribution in [1.82, 2.24) is 4.90 Å². The smallest absolute Gasteiger partial charge is 0.245 e. The maximum absolute atomic E-state index is 12.5. The first kappa shape index (κ1) is 11.4. The van der Waals surface area contributed by atoms with Crippen LogP contribution in [0.4, 0.5) is 0 Å². The van der Waals surface area contributed by atoms with E-state index in [-0.39, 0.29) is 17.3 Å². The van der Waals surface area contributed by atoms with Crippen molar-refractivity contribution in [2.24, 2.45) is 11.7 Å². The molecule has 2 N–H and O–H groups in total. The Balaban J connectivity index is 1.86. The number of carbonyl (C=O) groups is 1. The number of thioether (sulfide) groups is 1. The summed E-state index contributed by atoms with van der Waals surface area (Å²) in [6.45, 7) is 0. The number of hydrogen-bond acceptors (Lipinski definition) is 4. The van der Waals surface area contributed by atoms with Gasteiger partial charge in [0.05, 0.1) is 11.4 Å². The molecule has 2 saturated heterocycles. The van der Waals surface area contributed by atoms with Crippen molar-refractivity contribution < 1.29 is 4.79 Å². The lowest BCUT2D eigenvalue weighted by atomic mass is 9.82. The van der Waals surface area contributed by atoms with Gasteiger partial charge < -0.3 is 10.6 Å². The molecule has 92 valence electrons. The van der Waals surface area contributed by atoms with E-state index in [9.17, 15) is 4.79 Å². The molecule has 1 saturated carbocycles. The van der Waals surface area contributed by atoms with Crippen LogP contribution in [-0.4, -0.2) is 33.5 Å². The Labute approximate surface area is 106 Å². The van der Waals surface area contributed by atoms with Crippen LogP contribution in [0.5, 0.6) is 0 Å². The fourth-order valence-electron chi connectivity index (χ4n) is 3.49.